The van der Waals surface area contributed by atoms with E-state index in [2.05, 4.69) is 26.7 Å². The molecule has 0 amide bonds. The van der Waals surface area contributed by atoms with Gasteiger partial charge in [0.25, 0.3) is 0 Å². The number of guanidine groups is 1. The molecule has 26 heavy (non-hydrogen) atoms. The van der Waals surface area contributed by atoms with Crippen molar-refractivity contribution in [3.05, 3.63) is 40.9 Å². The molecule has 2 N–H and O–H groups in total. The minimum Gasteiger partial charge on any atom is -0.487 e. The summed E-state index contributed by atoms with van der Waals surface area (Å²) in [7, 11) is 0. The molecule has 1 unspecified atom stereocenters. The van der Waals surface area contributed by atoms with Crippen molar-refractivity contribution in [3.63, 3.8) is 0 Å². The zero-order valence-corrected chi connectivity index (χ0v) is 16.4. The Hall–Kier alpha value is -1.99. The van der Waals surface area contributed by atoms with Crippen molar-refractivity contribution in [2.75, 3.05) is 37.6 Å². The normalized spacial score (nSPS) is 16.6. The molecular formula is C18H24ClN5OS. The van der Waals surface area contributed by atoms with Crippen LogP contribution in [0, 0.1) is 0 Å². The molecule has 8 heteroatoms. The molecule has 1 aliphatic heterocycles. The van der Waals surface area contributed by atoms with Gasteiger partial charge >= 0.3 is 0 Å². The lowest BCUT2D eigenvalue weighted by atomic mass is 10.2. The average Bonchev–Trinajstić information content (AvgIpc) is 3.21. The Kier molecular flexibility index (Phi) is 6.57. The number of piperazine rings is 1. The summed E-state index contributed by atoms with van der Waals surface area (Å²) in [5.74, 6) is 1.26. The minimum absolute atomic E-state index is 0.0509. The Morgan fingerprint density at radius 3 is 2.77 bits per heavy atom. The molecule has 0 spiro atoms. The molecule has 2 heterocycles. The van der Waals surface area contributed by atoms with Crippen LogP contribution in [0.15, 0.2) is 40.8 Å². The number of benzene rings is 1. The maximum absolute atomic E-state index is 6.20. The highest BCUT2D eigenvalue weighted by atomic mass is 35.5. The fourth-order valence-electron chi connectivity index (χ4n) is 2.76. The van der Waals surface area contributed by atoms with E-state index >= 15 is 0 Å². The van der Waals surface area contributed by atoms with Crippen molar-refractivity contribution in [2.45, 2.75) is 19.4 Å². The van der Waals surface area contributed by atoms with E-state index in [1.165, 1.54) is 0 Å². The summed E-state index contributed by atoms with van der Waals surface area (Å²) < 4.78 is 5.97. The first-order valence-corrected chi connectivity index (χ1v) is 10.0. The molecule has 0 bridgehead atoms. The molecule has 1 atom stereocenters. The van der Waals surface area contributed by atoms with Gasteiger partial charge in [0, 0.05) is 37.8 Å². The van der Waals surface area contributed by atoms with Crippen LogP contribution in [-0.4, -0.2) is 54.7 Å². The summed E-state index contributed by atoms with van der Waals surface area (Å²) in [6, 6.07) is 7.49. The Balaban J connectivity index is 1.51. The van der Waals surface area contributed by atoms with Crippen LogP contribution < -0.4 is 15.4 Å². The highest BCUT2D eigenvalue weighted by molar-refractivity contribution is 7.13. The fourth-order valence-corrected chi connectivity index (χ4v) is 3.64. The summed E-state index contributed by atoms with van der Waals surface area (Å²) in [6.07, 6.45) is 2.62. The van der Waals surface area contributed by atoms with Gasteiger partial charge < -0.3 is 20.3 Å². The van der Waals surface area contributed by atoms with Gasteiger partial charge in [0.15, 0.2) is 11.1 Å². The quantitative estimate of drug-likeness (QED) is 0.603. The van der Waals surface area contributed by atoms with Crippen LogP contribution in [0.1, 0.15) is 13.3 Å². The van der Waals surface area contributed by atoms with Crippen LogP contribution in [0.25, 0.3) is 0 Å². The lowest BCUT2D eigenvalue weighted by Crippen LogP contribution is -2.51. The van der Waals surface area contributed by atoms with Gasteiger partial charge in [-0.2, -0.15) is 0 Å². The fraction of sp³-hybridized carbons (Fsp3) is 0.444. The number of ether oxygens (including phenoxy) is 1. The summed E-state index contributed by atoms with van der Waals surface area (Å²) in [5, 5.41) is 3.68. The van der Waals surface area contributed by atoms with Crippen LogP contribution >= 0.6 is 22.9 Å². The summed E-state index contributed by atoms with van der Waals surface area (Å²) >= 11 is 7.83. The number of hydrogen-bond acceptors (Lipinski definition) is 5. The van der Waals surface area contributed by atoms with Crippen LogP contribution in [0.2, 0.25) is 5.02 Å². The first-order valence-electron chi connectivity index (χ1n) is 8.78. The number of rotatable bonds is 6. The zero-order chi connectivity index (χ0) is 18.4. The monoisotopic (exact) mass is 393 g/mol. The molecule has 1 aliphatic rings. The number of thiazole rings is 1. The van der Waals surface area contributed by atoms with E-state index in [1.54, 1.807) is 11.3 Å². The van der Waals surface area contributed by atoms with Crippen LogP contribution in [0.5, 0.6) is 5.75 Å². The summed E-state index contributed by atoms with van der Waals surface area (Å²) in [5.41, 5.74) is 6.20. The van der Waals surface area contributed by atoms with E-state index < -0.39 is 0 Å². The number of nitrogens with two attached hydrogens (primary N) is 1. The zero-order valence-electron chi connectivity index (χ0n) is 14.8. The van der Waals surface area contributed by atoms with Gasteiger partial charge in [-0.1, -0.05) is 30.7 Å². The first kappa shape index (κ1) is 18.8. The molecule has 6 nitrogen and oxygen atoms in total. The molecule has 1 aromatic heterocycles. The predicted octanol–water partition coefficient (Wildman–Crippen LogP) is 3.09. The van der Waals surface area contributed by atoms with Gasteiger partial charge in [-0.25, -0.2) is 9.98 Å². The van der Waals surface area contributed by atoms with Gasteiger partial charge in [0.05, 0.1) is 11.6 Å². The SMILES string of the molecule is CCC(CN=C(N)N1CCN(c2nccs2)CC1)Oc1ccccc1Cl. The lowest BCUT2D eigenvalue weighted by molar-refractivity contribution is 0.205. The second-order valence-corrected chi connectivity index (χ2v) is 7.35. The molecule has 1 fully saturated rings. The third-order valence-corrected chi connectivity index (χ3v) is 5.48. The highest BCUT2D eigenvalue weighted by Crippen LogP contribution is 2.25. The van der Waals surface area contributed by atoms with Crippen molar-refractivity contribution in [1.82, 2.24) is 9.88 Å². The van der Waals surface area contributed by atoms with Gasteiger partial charge in [-0.05, 0) is 18.6 Å². The predicted molar refractivity (Wildman–Crippen MR) is 109 cm³/mol. The Morgan fingerprint density at radius 2 is 2.12 bits per heavy atom. The molecule has 2 aromatic rings. The van der Waals surface area contributed by atoms with Crippen LogP contribution in [0.4, 0.5) is 5.13 Å². The molecule has 0 aliphatic carbocycles. The minimum atomic E-state index is -0.0509. The lowest BCUT2D eigenvalue weighted by Gasteiger charge is -2.35. The maximum Gasteiger partial charge on any atom is 0.191 e. The van der Waals surface area contributed by atoms with Crippen LogP contribution in [-0.2, 0) is 0 Å². The molecule has 1 saturated heterocycles. The van der Waals surface area contributed by atoms with Crippen molar-refractivity contribution < 1.29 is 4.74 Å². The number of para-hydroxylation sites is 1. The Labute approximate surface area is 163 Å². The number of aromatic nitrogens is 1. The van der Waals surface area contributed by atoms with Gasteiger partial charge in [-0.3, -0.25) is 0 Å². The summed E-state index contributed by atoms with van der Waals surface area (Å²) in [4.78, 5) is 13.3. The van der Waals surface area contributed by atoms with E-state index in [0.717, 1.165) is 37.7 Å². The van der Waals surface area contributed by atoms with E-state index in [1.807, 2.05) is 35.8 Å². The second kappa shape index (κ2) is 9.09. The molecular weight excluding hydrogens is 370 g/mol. The second-order valence-electron chi connectivity index (χ2n) is 6.07. The Morgan fingerprint density at radius 1 is 1.35 bits per heavy atom. The largest absolute Gasteiger partial charge is 0.487 e. The standard InChI is InChI=1S/C18H24ClN5OS/c1-2-14(25-16-6-4-3-5-15(16)19)13-22-17(20)23-8-10-24(11-9-23)18-21-7-12-26-18/h3-7,12,14H,2,8-11,13H2,1H3,(H2,20,22). The van der Waals surface area contributed by atoms with Crippen molar-refractivity contribution in [1.29, 1.82) is 0 Å². The molecule has 1 aromatic carbocycles. The third kappa shape index (κ3) is 4.80. The highest BCUT2D eigenvalue weighted by Gasteiger charge is 2.20. The summed E-state index contributed by atoms with van der Waals surface area (Å²) in [6.45, 7) is 6.07. The molecule has 0 radical (unpaired) electrons. The number of hydrogen-bond donors (Lipinski definition) is 1. The smallest absolute Gasteiger partial charge is 0.191 e. The van der Waals surface area contributed by atoms with Gasteiger partial charge in [0.2, 0.25) is 0 Å². The molecule has 140 valence electrons. The number of nitrogens with zero attached hydrogens (tertiary/aromatic N) is 4. The van der Waals surface area contributed by atoms with E-state index in [0.29, 0.717) is 23.3 Å². The van der Waals surface area contributed by atoms with Gasteiger partial charge in [-0.15, -0.1) is 11.3 Å². The van der Waals surface area contributed by atoms with E-state index in [-0.39, 0.29) is 6.10 Å². The average molecular weight is 394 g/mol. The first-order chi connectivity index (χ1) is 12.7. The molecule has 3 rings (SSSR count). The third-order valence-electron chi connectivity index (χ3n) is 4.34. The molecule has 0 saturated carbocycles. The maximum atomic E-state index is 6.20. The van der Waals surface area contributed by atoms with Crippen LogP contribution in [0.3, 0.4) is 0 Å². The van der Waals surface area contributed by atoms with Crippen molar-refractivity contribution in [3.8, 4) is 5.75 Å². The Bertz CT molecular complexity index is 716. The van der Waals surface area contributed by atoms with E-state index in [9.17, 15) is 0 Å². The number of halogens is 1. The number of aliphatic imine (C=N–C) groups is 1. The van der Waals surface area contributed by atoms with Crippen molar-refractivity contribution >= 4 is 34.0 Å². The number of anilines is 1. The van der Waals surface area contributed by atoms with Gasteiger partial charge in [0.1, 0.15) is 11.9 Å². The topological polar surface area (TPSA) is 67.0 Å². The van der Waals surface area contributed by atoms with Crippen molar-refractivity contribution in [2.24, 2.45) is 10.7 Å². The van der Waals surface area contributed by atoms with E-state index in [4.69, 9.17) is 22.1 Å².